The molecule has 3 heterocycles. The second-order valence-electron chi connectivity index (χ2n) is 5.02. The molecular formula is C12H18N4O2. The van der Waals surface area contributed by atoms with Gasteiger partial charge < -0.3 is 15.0 Å². The maximum atomic E-state index is 12.3. The van der Waals surface area contributed by atoms with Gasteiger partial charge in [0.25, 0.3) is 5.91 Å². The lowest BCUT2D eigenvalue weighted by molar-refractivity contribution is 0.0776. The topological polar surface area (TPSA) is 59.4 Å². The van der Waals surface area contributed by atoms with Crippen LogP contribution in [0.2, 0.25) is 0 Å². The molecule has 18 heavy (non-hydrogen) atoms. The molecule has 1 aromatic heterocycles. The molecule has 2 aliphatic heterocycles. The normalized spacial score (nSPS) is 26.4. The van der Waals surface area contributed by atoms with Crippen molar-refractivity contribution in [3.63, 3.8) is 0 Å². The first kappa shape index (κ1) is 11.5. The number of hydrogen-bond acceptors (Lipinski definition) is 4. The van der Waals surface area contributed by atoms with Crippen LogP contribution in [0.15, 0.2) is 6.07 Å². The second kappa shape index (κ2) is 4.28. The summed E-state index contributed by atoms with van der Waals surface area (Å²) in [6, 6.07) is 2.17. The molecule has 0 saturated carbocycles. The maximum Gasteiger partial charge on any atom is 0.274 e. The smallest absolute Gasteiger partial charge is 0.274 e. The van der Waals surface area contributed by atoms with E-state index in [0.29, 0.717) is 23.5 Å². The molecule has 0 radical (unpaired) electrons. The molecular weight excluding hydrogens is 232 g/mol. The Balaban J connectivity index is 1.74. The molecule has 1 N–H and O–H groups in total. The average Bonchev–Trinajstić information content (AvgIpc) is 3.00. The third-order valence-electron chi connectivity index (χ3n) is 3.92. The van der Waals surface area contributed by atoms with Gasteiger partial charge in [0.1, 0.15) is 0 Å². The molecule has 1 aromatic rings. The van der Waals surface area contributed by atoms with Crippen molar-refractivity contribution in [2.24, 2.45) is 13.0 Å². The molecule has 1 amide bonds. The van der Waals surface area contributed by atoms with E-state index in [0.717, 1.165) is 19.6 Å². The Morgan fingerprint density at radius 2 is 2.39 bits per heavy atom. The lowest BCUT2D eigenvalue weighted by atomic mass is 10.1. The molecule has 2 fully saturated rings. The molecule has 0 aromatic carbocycles. The van der Waals surface area contributed by atoms with Crippen LogP contribution in [-0.4, -0.2) is 53.4 Å². The lowest BCUT2D eigenvalue weighted by Gasteiger charge is -2.15. The summed E-state index contributed by atoms with van der Waals surface area (Å²) in [6.45, 7) is 2.71. The number of aromatic nitrogens is 2. The van der Waals surface area contributed by atoms with Crippen molar-refractivity contribution in [1.29, 1.82) is 0 Å². The molecule has 0 bridgehead atoms. The number of ether oxygens (including phenoxy) is 1. The summed E-state index contributed by atoms with van der Waals surface area (Å²) in [5.74, 6) is 1.22. The molecule has 98 valence electrons. The van der Waals surface area contributed by atoms with Gasteiger partial charge in [-0.25, -0.2) is 4.68 Å². The fourth-order valence-corrected chi connectivity index (χ4v) is 2.92. The van der Waals surface area contributed by atoms with Gasteiger partial charge in [0.2, 0.25) is 5.88 Å². The maximum absolute atomic E-state index is 12.3. The molecule has 3 rings (SSSR count). The van der Waals surface area contributed by atoms with Crippen molar-refractivity contribution in [2.75, 3.05) is 26.7 Å². The molecule has 2 aliphatic rings. The third kappa shape index (κ3) is 1.77. The first-order valence-corrected chi connectivity index (χ1v) is 6.29. The van der Waals surface area contributed by atoms with E-state index >= 15 is 0 Å². The Kier molecular flexibility index (Phi) is 2.74. The van der Waals surface area contributed by atoms with Crippen molar-refractivity contribution < 1.29 is 9.53 Å². The van der Waals surface area contributed by atoms with Gasteiger partial charge in [-0.05, 0) is 18.9 Å². The number of fused-ring (bicyclic) bond motifs is 1. The van der Waals surface area contributed by atoms with Crippen LogP contribution in [0.4, 0.5) is 0 Å². The summed E-state index contributed by atoms with van der Waals surface area (Å²) in [6.07, 6.45) is 1.17. The van der Waals surface area contributed by atoms with Gasteiger partial charge in [0.05, 0.1) is 7.11 Å². The van der Waals surface area contributed by atoms with Gasteiger partial charge in [0.15, 0.2) is 5.69 Å². The van der Waals surface area contributed by atoms with Gasteiger partial charge in [0, 0.05) is 32.2 Å². The van der Waals surface area contributed by atoms with Crippen LogP contribution in [-0.2, 0) is 7.05 Å². The van der Waals surface area contributed by atoms with Gasteiger partial charge in [-0.1, -0.05) is 0 Å². The zero-order valence-corrected chi connectivity index (χ0v) is 10.7. The number of hydrogen-bond donors (Lipinski definition) is 1. The van der Waals surface area contributed by atoms with E-state index in [9.17, 15) is 4.79 Å². The van der Waals surface area contributed by atoms with Crippen molar-refractivity contribution in [3.8, 4) is 5.88 Å². The number of carbonyl (C=O) groups excluding carboxylic acids is 1. The first-order chi connectivity index (χ1) is 8.69. The summed E-state index contributed by atoms with van der Waals surface area (Å²) >= 11 is 0. The highest BCUT2D eigenvalue weighted by Gasteiger charge is 2.38. The minimum absolute atomic E-state index is 0.00472. The molecule has 2 saturated heterocycles. The van der Waals surface area contributed by atoms with E-state index in [1.54, 1.807) is 24.9 Å². The van der Waals surface area contributed by atoms with Crippen molar-refractivity contribution >= 4 is 5.91 Å². The lowest BCUT2D eigenvalue weighted by Crippen LogP contribution is -2.34. The summed E-state index contributed by atoms with van der Waals surface area (Å²) in [4.78, 5) is 14.2. The van der Waals surface area contributed by atoms with Crippen LogP contribution < -0.4 is 10.1 Å². The quantitative estimate of drug-likeness (QED) is 0.794. The van der Waals surface area contributed by atoms with Crippen molar-refractivity contribution in [2.45, 2.75) is 12.5 Å². The van der Waals surface area contributed by atoms with Crippen molar-refractivity contribution in [3.05, 3.63) is 11.8 Å². The molecule has 0 aliphatic carbocycles. The Morgan fingerprint density at radius 1 is 1.56 bits per heavy atom. The number of rotatable bonds is 2. The molecule has 6 nitrogen and oxygen atoms in total. The van der Waals surface area contributed by atoms with Crippen LogP contribution in [0.5, 0.6) is 5.88 Å². The van der Waals surface area contributed by atoms with E-state index in [-0.39, 0.29) is 5.91 Å². The van der Waals surface area contributed by atoms with E-state index in [1.165, 1.54) is 6.42 Å². The average molecular weight is 250 g/mol. The minimum atomic E-state index is 0.00472. The summed E-state index contributed by atoms with van der Waals surface area (Å²) in [5, 5.41) is 7.64. The fraction of sp³-hybridized carbons (Fsp3) is 0.667. The standard InChI is InChI=1S/C12H18N4O2/c1-15-11(18-2)5-9(14-15)12(17)16-6-8-3-4-13-10(8)7-16/h5,8,10,13H,3-4,6-7H2,1-2H3/t8-,10+/m0/s1. The van der Waals surface area contributed by atoms with Gasteiger partial charge in [-0.3, -0.25) is 4.79 Å². The number of amides is 1. The van der Waals surface area contributed by atoms with Gasteiger partial charge >= 0.3 is 0 Å². The number of nitrogens with one attached hydrogen (secondary N) is 1. The highest BCUT2D eigenvalue weighted by Crippen LogP contribution is 2.26. The highest BCUT2D eigenvalue weighted by atomic mass is 16.5. The Hall–Kier alpha value is -1.56. The van der Waals surface area contributed by atoms with E-state index in [4.69, 9.17) is 4.74 Å². The van der Waals surface area contributed by atoms with E-state index in [2.05, 4.69) is 10.4 Å². The van der Waals surface area contributed by atoms with Crippen LogP contribution >= 0.6 is 0 Å². The molecule has 6 heteroatoms. The van der Waals surface area contributed by atoms with Crippen LogP contribution in [0.1, 0.15) is 16.9 Å². The van der Waals surface area contributed by atoms with Crippen LogP contribution in [0.3, 0.4) is 0 Å². The zero-order valence-electron chi connectivity index (χ0n) is 10.7. The van der Waals surface area contributed by atoms with E-state index in [1.807, 2.05) is 4.90 Å². The number of likely N-dealkylation sites (tertiary alicyclic amines) is 1. The molecule has 0 unspecified atom stereocenters. The highest BCUT2D eigenvalue weighted by molar-refractivity contribution is 5.92. The number of aryl methyl sites for hydroxylation is 1. The van der Waals surface area contributed by atoms with E-state index < -0.39 is 0 Å². The third-order valence-corrected chi connectivity index (χ3v) is 3.92. The SMILES string of the molecule is COc1cc(C(=O)N2C[C@@H]3CCN[C@@H]3C2)nn1C. The van der Waals surface area contributed by atoms with Gasteiger partial charge in [-0.15, -0.1) is 0 Å². The molecule has 0 spiro atoms. The minimum Gasteiger partial charge on any atom is -0.481 e. The number of methoxy groups -OCH3 is 1. The predicted molar refractivity (Wildman–Crippen MR) is 65.6 cm³/mol. The summed E-state index contributed by atoms with van der Waals surface area (Å²) in [5.41, 5.74) is 0.467. The monoisotopic (exact) mass is 250 g/mol. The first-order valence-electron chi connectivity index (χ1n) is 6.29. The van der Waals surface area contributed by atoms with Gasteiger partial charge in [-0.2, -0.15) is 5.10 Å². The number of carbonyl (C=O) groups is 1. The van der Waals surface area contributed by atoms with Crippen molar-refractivity contribution in [1.82, 2.24) is 20.0 Å². The Morgan fingerprint density at radius 3 is 3.06 bits per heavy atom. The number of nitrogens with zero attached hydrogens (tertiary/aromatic N) is 3. The summed E-state index contributed by atoms with van der Waals surface area (Å²) in [7, 11) is 3.35. The largest absolute Gasteiger partial charge is 0.481 e. The Bertz CT molecular complexity index is 459. The summed E-state index contributed by atoms with van der Waals surface area (Å²) < 4.78 is 6.72. The second-order valence-corrected chi connectivity index (χ2v) is 5.02. The Labute approximate surface area is 106 Å². The predicted octanol–water partition coefficient (Wildman–Crippen LogP) is -0.137. The fourth-order valence-electron chi connectivity index (χ4n) is 2.92. The zero-order chi connectivity index (χ0) is 12.7. The van der Waals surface area contributed by atoms with Crippen LogP contribution in [0, 0.1) is 5.92 Å². The van der Waals surface area contributed by atoms with Crippen LogP contribution in [0.25, 0.3) is 0 Å². The molecule has 2 atom stereocenters.